The van der Waals surface area contributed by atoms with Gasteiger partial charge in [-0.05, 0) is 18.6 Å². The predicted octanol–water partition coefficient (Wildman–Crippen LogP) is 1.55. The largest absolute Gasteiger partial charge is 0.419 e. The van der Waals surface area contributed by atoms with Crippen molar-refractivity contribution in [3.05, 3.63) is 30.4 Å². The molecule has 0 aliphatic heterocycles. The normalized spacial score (nSPS) is 10.3. The van der Waals surface area contributed by atoms with Crippen LogP contribution in [0.2, 0.25) is 0 Å². The number of carbonyl (C=O) groups is 1. The summed E-state index contributed by atoms with van der Waals surface area (Å²) in [5.74, 6) is 0.810. The molecule has 0 aliphatic carbocycles. The van der Waals surface area contributed by atoms with Crippen LogP contribution in [0.4, 0.5) is 0 Å². The van der Waals surface area contributed by atoms with Crippen LogP contribution in [-0.2, 0) is 11.3 Å². The summed E-state index contributed by atoms with van der Waals surface area (Å²) in [7, 11) is 0. The molecule has 0 bridgehead atoms. The highest BCUT2D eigenvalue weighted by atomic mass is 16.4. The number of pyridine rings is 1. The molecule has 18 heavy (non-hydrogen) atoms. The van der Waals surface area contributed by atoms with Crippen LogP contribution in [-0.4, -0.2) is 21.1 Å². The number of carbonyl (C=O) groups excluding carboxylic acids is 1. The zero-order valence-electron chi connectivity index (χ0n) is 10.1. The molecule has 0 spiro atoms. The molecule has 0 unspecified atom stereocenters. The van der Waals surface area contributed by atoms with Crippen LogP contribution in [0.1, 0.15) is 25.7 Å². The Bertz CT molecular complexity index is 510. The van der Waals surface area contributed by atoms with Crippen molar-refractivity contribution in [3.63, 3.8) is 0 Å². The average Bonchev–Trinajstić information content (AvgIpc) is 2.87. The van der Waals surface area contributed by atoms with Gasteiger partial charge in [-0.3, -0.25) is 9.78 Å². The lowest BCUT2D eigenvalue weighted by molar-refractivity contribution is -0.121. The fraction of sp³-hybridized carbons (Fsp3) is 0.333. The summed E-state index contributed by atoms with van der Waals surface area (Å²) in [5, 5.41) is 10.5. The predicted molar refractivity (Wildman–Crippen MR) is 64.3 cm³/mol. The first-order chi connectivity index (χ1) is 8.79. The van der Waals surface area contributed by atoms with E-state index in [0.717, 1.165) is 12.0 Å². The lowest BCUT2D eigenvalue weighted by Gasteiger charge is -1.99. The molecule has 0 fully saturated rings. The van der Waals surface area contributed by atoms with E-state index in [4.69, 9.17) is 4.42 Å². The molecule has 6 nitrogen and oxygen atoms in total. The maximum Gasteiger partial charge on any atom is 0.247 e. The van der Waals surface area contributed by atoms with Crippen molar-refractivity contribution in [1.82, 2.24) is 20.5 Å². The van der Waals surface area contributed by atoms with Crippen molar-refractivity contribution < 1.29 is 9.21 Å². The van der Waals surface area contributed by atoms with E-state index < -0.39 is 0 Å². The summed E-state index contributed by atoms with van der Waals surface area (Å²) in [5.41, 5.74) is 0.809. The monoisotopic (exact) mass is 246 g/mol. The third-order valence-electron chi connectivity index (χ3n) is 2.31. The Morgan fingerprint density at radius 3 is 2.83 bits per heavy atom. The standard InChI is InChI=1S/C12H14N4O2/c1-2-3-10(17)14-8-11-15-16-12(18-11)9-4-6-13-7-5-9/h4-7H,2-3,8H2,1H3,(H,14,17). The number of amides is 1. The number of nitrogens with one attached hydrogen (secondary N) is 1. The van der Waals surface area contributed by atoms with Gasteiger partial charge in [0, 0.05) is 24.4 Å². The quantitative estimate of drug-likeness (QED) is 0.865. The number of aromatic nitrogens is 3. The lowest BCUT2D eigenvalue weighted by atomic mass is 10.3. The molecule has 0 radical (unpaired) electrons. The molecule has 0 saturated carbocycles. The Kier molecular flexibility index (Phi) is 4.01. The maximum atomic E-state index is 11.3. The van der Waals surface area contributed by atoms with Crippen LogP contribution in [0.15, 0.2) is 28.9 Å². The second-order valence-corrected chi connectivity index (χ2v) is 3.76. The van der Waals surface area contributed by atoms with Crippen LogP contribution in [0.25, 0.3) is 11.5 Å². The van der Waals surface area contributed by atoms with Crippen molar-refractivity contribution in [2.75, 3.05) is 0 Å². The Labute approximate surface area is 104 Å². The van der Waals surface area contributed by atoms with Gasteiger partial charge in [0.05, 0.1) is 6.54 Å². The van der Waals surface area contributed by atoms with Crippen molar-refractivity contribution in [1.29, 1.82) is 0 Å². The van der Waals surface area contributed by atoms with E-state index in [1.165, 1.54) is 0 Å². The maximum absolute atomic E-state index is 11.3. The van der Waals surface area contributed by atoms with Gasteiger partial charge >= 0.3 is 0 Å². The minimum Gasteiger partial charge on any atom is -0.419 e. The third-order valence-corrected chi connectivity index (χ3v) is 2.31. The molecule has 0 aliphatic rings. The van der Waals surface area contributed by atoms with Crippen LogP contribution in [0.5, 0.6) is 0 Å². The van der Waals surface area contributed by atoms with Crippen molar-refractivity contribution in [2.45, 2.75) is 26.3 Å². The van der Waals surface area contributed by atoms with Gasteiger partial charge in [0.25, 0.3) is 0 Å². The smallest absolute Gasteiger partial charge is 0.247 e. The van der Waals surface area contributed by atoms with Gasteiger partial charge in [0.2, 0.25) is 17.7 Å². The minimum absolute atomic E-state index is 0.0128. The highest BCUT2D eigenvalue weighted by molar-refractivity contribution is 5.75. The summed E-state index contributed by atoms with van der Waals surface area (Å²) in [6, 6.07) is 3.57. The molecule has 2 aromatic rings. The van der Waals surface area contributed by atoms with Crippen LogP contribution < -0.4 is 5.32 Å². The fourth-order valence-corrected chi connectivity index (χ4v) is 1.43. The van der Waals surface area contributed by atoms with Crippen molar-refractivity contribution in [3.8, 4) is 11.5 Å². The van der Waals surface area contributed by atoms with Gasteiger partial charge in [0.15, 0.2) is 0 Å². The molecule has 0 aromatic carbocycles. The molecule has 0 saturated heterocycles. The summed E-state index contributed by atoms with van der Waals surface area (Å²) in [6.45, 7) is 2.21. The van der Waals surface area contributed by atoms with E-state index in [2.05, 4.69) is 20.5 Å². The second-order valence-electron chi connectivity index (χ2n) is 3.76. The fourth-order valence-electron chi connectivity index (χ4n) is 1.43. The third kappa shape index (κ3) is 3.13. The zero-order valence-corrected chi connectivity index (χ0v) is 10.1. The van der Waals surface area contributed by atoms with Gasteiger partial charge in [-0.2, -0.15) is 0 Å². The van der Waals surface area contributed by atoms with E-state index in [9.17, 15) is 4.79 Å². The summed E-state index contributed by atoms with van der Waals surface area (Å²) in [6.07, 6.45) is 4.63. The molecule has 94 valence electrons. The highest BCUT2D eigenvalue weighted by Crippen LogP contribution is 2.15. The van der Waals surface area contributed by atoms with Crippen LogP contribution in [0.3, 0.4) is 0 Å². The molecule has 6 heteroatoms. The first-order valence-electron chi connectivity index (χ1n) is 5.79. The van der Waals surface area contributed by atoms with Crippen molar-refractivity contribution in [2.24, 2.45) is 0 Å². The van der Waals surface area contributed by atoms with E-state index >= 15 is 0 Å². The lowest BCUT2D eigenvalue weighted by Crippen LogP contribution is -2.22. The molecule has 0 atom stereocenters. The highest BCUT2D eigenvalue weighted by Gasteiger charge is 2.08. The first-order valence-corrected chi connectivity index (χ1v) is 5.79. The zero-order chi connectivity index (χ0) is 12.8. The van der Waals surface area contributed by atoms with Crippen LogP contribution >= 0.6 is 0 Å². The van der Waals surface area contributed by atoms with Gasteiger partial charge in [-0.25, -0.2) is 0 Å². The summed E-state index contributed by atoms with van der Waals surface area (Å²) < 4.78 is 5.43. The number of rotatable bonds is 5. The van der Waals surface area contributed by atoms with E-state index in [0.29, 0.717) is 18.2 Å². The van der Waals surface area contributed by atoms with E-state index in [-0.39, 0.29) is 12.5 Å². The average molecular weight is 246 g/mol. The van der Waals surface area contributed by atoms with Gasteiger partial charge in [-0.15, -0.1) is 10.2 Å². The van der Waals surface area contributed by atoms with Gasteiger partial charge in [-0.1, -0.05) is 6.92 Å². The Morgan fingerprint density at radius 1 is 1.33 bits per heavy atom. The minimum atomic E-state index is -0.0128. The molecular formula is C12H14N4O2. The topological polar surface area (TPSA) is 80.9 Å². The van der Waals surface area contributed by atoms with Crippen LogP contribution in [0, 0.1) is 0 Å². The van der Waals surface area contributed by atoms with Gasteiger partial charge < -0.3 is 9.73 Å². The van der Waals surface area contributed by atoms with E-state index in [1.807, 2.05) is 6.92 Å². The summed E-state index contributed by atoms with van der Waals surface area (Å²) >= 11 is 0. The second kappa shape index (κ2) is 5.90. The SMILES string of the molecule is CCCC(=O)NCc1nnc(-c2ccncc2)o1. The number of hydrogen-bond acceptors (Lipinski definition) is 5. The number of nitrogens with zero attached hydrogens (tertiary/aromatic N) is 3. The molecule has 1 N–H and O–H groups in total. The molecule has 2 aromatic heterocycles. The van der Waals surface area contributed by atoms with Crippen molar-refractivity contribution >= 4 is 5.91 Å². The molecule has 2 rings (SSSR count). The number of hydrogen-bond donors (Lipinski definition) is 1. The van der Waals surface area contributed by atoms with Gasteiger partial charge in [0.1, 0.15) is 0 Å². The Balaban J connectivity index is 1.97. The first kappa shape index (κ1) is 12.2. The summed E-state index contributed by atoms with van der Waals surface area (Å²) in [4.78, 5) is 15.2. The Morgan fingerprint density at radius 2 is 2.11 bits per heavy atom. The molecule has 1 amide bonds. The van der Waals surface area contributed by atoms with E-state index in [1.54, 1.807) is 24.5 Å². The molecular weight excluding hydrogens is 232 g/mol. The molecule has 2 heterocycles. The Hall–Kier alpha value is -2.24.